The Hall–Kier alpha value is -2.46. The first-order valence-electron chi connectivity index (χ1n) is 13.1. The SMILES string of the molecule is CCNCCCC(=O)[C@H](CCCCC(N)=NS(=O)(=O)c1c(C)c(C)c2c(c1C)CC(C)(C)O2)NC(C)=O. The topological polar surface area (TPSA) is 140 Å². The van der Waals surface area contributed by atoms with E-state index in [1.165, 1.54) is 6.92 Å². The number of benzene rings is 1. The van der Waals surface area contributed by atoms with Gasteiger partial charge in [0.15, 0.2) is 5.78 Å². The average molecular weight is 537 g/mol. The highest BCUT2D eigenvalue weighted by Crippen LogP contribution is 2.44. The number of hydrogen-bond donors (Lipinski definition) is 3. The number of amides is 1. The zero-order valence-corrected chi connectivity index (χ0v) is 24.2. The van der Waals surface area contributed by atoms with Crippen LogP contribution in [-0.4, -0.2) is 50.7 Å². The summed E-state index contributed by atoms with van der Waals surface area (Å²) in [5.41, 5.74) is 8.64. The monoisotopic (exact) mass is 536 g/mol. The fourth-order valence-electron chi connectivity index (χ4n) is 4.83. The van der Waals surface area contributed by atoms with Gasteiger partial charge >= 0.3 is 0 Å². The fraction of sp³-hybridized carbons (Fsp3) is 0.667. The molecule has 0 spiro atoms. The number of Topliss-reactive ketones (excluding diaryl/α,β-unsaturated/α-hetero) is 1. The first kappa shape index (κ1) is 30.8. The maximum Gasteiger partial charge on any atom is 0.284 e. The summed E-state index contributed by atoms with van der Waals surface area (Å²) in [7, 11) is -4.01. The molecule has 0 radical (unpaired) electrons. The van der Waals surface area contributed by atoms with Crippen LogP contribution in [-0.2, 0) is 26.0 Å². The lowest BCUT2D eigenvalue weighted by Gasteiger charge is -2.18. The molecule has 1 aromatic rings. The summed E-state index contributed by atoms with van der Waals surface area (Å²) in [5.74, 6) is 0.547. The molecule has 1 heterocycles. The molecule has 37 heavy (non-hydrogen) atoms. The van der Waals surface area contributed by atoms with E-state index in [0.717, 1.165) is 30.0 Å². The molecule has 0 aromatic heterocycles. The van der Waals surface area contributed by atoms with Crippen LogP contribution in [0.4, 0.5) is 0 Å². The van der Waals surface area contributed by atoms with Gasteiger partial charge in [0.05, 0.1) is 10.9 Å². The Morgan fingerprint density at radius 2 is 1.76 bits per heavy atom. The van der Waals surface area contributed by atoms with Crippen LogP contribution in [0.2, 0.25) is 0 Å². The summed E-state index contributed by atoms with van der Waals surface area (Å²) in [4.78, 5) is 24.3. The smallest absolute Gasteiger partial charge is 0.284 e. The van der Waals surface area contributed by atoms with Crippen LogP contribution in [0.3, 0.4) is 0 Å². The van der Waals surface area contributed by atoms with Crippen LogP contribution in [0.1, 0.15) is 88.5 Å². The molecule has 0 bridgehead atoms. The van der Waals surface area contributed by atoms with Crippen LogP contribution in [0.15, 0.2) is 9.29 Å². The lowest BCUT2D eigenvalue weighted by Crippen LogP contribution is -2.39. The van der Waals surface area contributed by atoms with Gasteiger partial charge in [0.25, 0.3) is 10.0 Å². The normalized spacial score (nSPS) is 15.7. The third-order valence-electron chi connectivity index (χ3n) is 6.76. The summed E-state index contributed by atoms with van der Waals surface area (Å²) < 4.78 is 36.6. The lowest BCUT2D eigenvalue weighted by atomic mass is 9.94. The standard InChI is InChI=1S/C27H44N4O5S/c1-8-29-15-11-13-23(33)22(30-20(5)32)12-9-10-14-24(28)31-37(34,35)26-18(3)17(2)25-21(19(26)4)16-27(6,7)36-25/h22,29H,8-16H2,1-7H3,(H2,28,31)(H,30,32)/t22-/m0/s1. The van der Waals surface area contributed by atoms with Crippen molar-refractivity contribution in [2.75, 3.05) is 13.1 Å². The van der Waals surface area contributed by atoms with Crippen molar-refractivity contribution in [1.29, 1.82) is 0 Å². The number of nitrogens with two attached hydrogens (primary N) is 1. The van der Waals surface area contributed by atoms with Crippen LogP contribution < -0.4 is 21.1 Å². The van der Waals surface area contributed by atoms with E-state index in [1.807, 2.05) is 27.7 Å². The summed E-state index contributed by atoms with van der Waals surface area (Å²) in [5, 5.41) is 5.92. The van der Waals surface area contributed by atoms with Crippen molar-refractivity contribution in [1.82, 2.24) is 10.6 Å². The number of carbonyl (C=O) groups excluding carboxylic acids is 2. The highest BCUT2D eigenvalue weighted by molar-refractivity contribution is 7.90. The van der Waals surface area contributed by atoms with Gasteiger partial charge in [-0.3, -0.25) is 9.59 Å². The van der Waals surface area contributed by atoms with Crippen molar-refractivity contribution in [3.63, 3.8) is 0 Å². The molecule has 4 N–H and O–H groups in total. The minimum absolute atomic E-state index is 0.00223. The average Bonchev–Trinajstić information content (AvgIpc) is 3.12. The number of nitrogens with one attached hydrogen (secondary N) is 2. The number of nitrogens with zero attached hydrogens (tertiary/aromatic N) is 1. The number of fused-ring (bicyclic) bond motifs is 1. The lowest BCUT2D eigenvalue weighted by molar-refractivity contribution is -0.127. The molecule has 1 aromatic carbocycles. The van der Waals surface area contributed by atoms with Crippen LogP contribution >= 0.6 is 0 Å². The number of hydrogen-bond acceptors (Lipinski definition) is 6. The molecule has 0 saturated carbocycles. The summed E-state index contributed by atoms with van der Waals surface area (Å²) in [6.07, 6.45) is 3.62. The molecule has 1 aliphatic heterocycles. The number of sulfonamides is 1. The summed E-state index contributed by atoms with van der Waals surface area (Å²) in [6.45, 7) is 14.4. The van der Waals surface area contributed by atoms with Gasteiger partial charge in [-0.25, -0.2) is 0 Å². The van der Waals surface area contributed by atoms with Gasteiger partial charge in [-0.1, -0.05) is 13.3 Å². The predicted octanol–water partition coefficient (Wildman–Crippen LogP) is 3.40. The Morgan fingerprint density at radius 3 is 2.38 bits per heavy atom. The molecule has 208 valence electrons. The van der Waals surface area contributed by atoms with E-state index in [0.29, 0.717) is 49.7 Å². The van der Waals surface area contributed by atoms with Crippen molar-refractivity contribution in [2.24, 2.45) is 10.1 Å². The van der Waals surface area contributed by atoms with Crippen molar-refractivity contribution in [3.8, 4) is 5.75 Å². The van der Waals surface area contributed by atoms with Gasteiger partial charge in [0.1, 0.15) is 17.2 Å². The molecule has 0 aliphatic carbocycles. The first-order chi connectivity index (χ1) is 17.2. The van der Waals surface area contributed by atoms with E-state index in [-0.39, 0.29) is 28.8 Å². The zero-order valence-electron chi connectivity index (χ0n) is 23.4. The van der Waals surface area contributed by atoms with Gasteiger partial charge < -0.3 is 21.1 Å². The Bertz CT molecular complexity index is 1140. The van der Waals surface area contributed by atoms with E-state index >= 15 is 0 Å². The molecule has 1 aliphatic rings. The van der Waals surface area contributed by atoms with Gasteiger partial charge in [-0.2, -0.15) is 8.42 Å². The van der Waals surface area contributed by atoms with Crippen molar-refractivity contribution >= 4 is 27.5 Å². The van der Waals surface area contributed by atoms with E-state index in [2.05, 4.69) is 15.0 Å². The number of unbranched alkanes of at least 4 members (excludes halogenated alkanes) is 1. The molecule has 2 rings (SSSR count). The summed E-state index contributed by atoms with van der Waals surface area (Å²) in [6, 6.07) is -0.549. The van der Waals surface area contributed by atoms with Crippen LogP contribution in [0.5, 0.6) is 5.75 Å². The Balaban J connectivity index is 2.06. The van der Waals surface area contributed by atoms with Crippen molar-refractivity contribution in [3.05, 3.63) is 22.3 Å². The first-order valence-corrected chi connectivity index (χ1v) is 14.6. The number of ketones is 1. The van der Waals surface area contributed by atoms with Gasteiger partial charge in [0.2, 0.25) is 5.91 Å². The second-order valence-electron chi connectivity index (χ2n) is 10.5. The van der Waals surface area contributed by atoms with Gasteiger partial charge in [-0.15, -0.1) is 4.40 Å². The maximum atomic E-state index is 13.3. The van der Waals surface area contributed by atoms with Gasteiger partial charge in [-0.05, 0) is 83.7 Å². The third-order valence-corrected chi connectivity index (χ3v) is 8.36. The van der Waals surface area contributed by atoms with E-state index in [9.17, 15) is 18.0 Å². The predicted molar refractivity (Wildman–Crippen MR) is 147 cm³/mol. The number of carbonyl (C=O) groups is 2. The Labute approximate surface area is 222 Å². The molecule has 10 heteroatoms. The van der Waals surface area contributed by atoms with Crippen molar-refractivity contribution in [2.45, 2.75) is 110 Å². The molecule has 0 unspecified atom stereocenters. The molecule has 0 saturated heterocycles. The van der Waals surface area contributed by atoms with E-state index < -0.39 is 21.7 Å². The van der Waals surface area contributed by atoms with Crippen LogP contribution in [0, 0.1) is 20.8 Å². The highest BCUT2D eigenvalue weighted by atomic mass is 32.2. The molecule has 1 atom stereocenters. The van der Waals surface area contributed by atoms with Gasteiger partial charge in [0, 0.05) is 31.7 Å². The largest absolute Gasteiger partial charge is 0.487 e. The number of amidine groups is 1. The second kappa shape index (κ2) is 12.9. The second-order valence-corrected chi connectivity index (χ2v) is 12.1. The van der Waals surface area contributed by atoms with E-state index in [1.54, 1.807) is 13.8 Å². The number of rotatable bonds is 14. The molecular formula is C27H44N4O5S. The zero-order chi connectivity index (χ0) is 28.0. The molecule has 0 fully saturated rings. The number of ether oxygens (including phenoxy) is 1. The summed E-state index contributed by atoms with van der Waals surface area (Å²) >= 11 is 0. The molecular weight excluding hydrogens is 492 g/mol. The minimum Gasteiger partial charge on any atom is -0.487 e. The molecule has 9 nitrogen and oxygen atoms in total. The highest BCUT2D eigenvalue weighted by Gasteiger charge is 2.36. The Kier molecular flexibility index (Phi) is 10.7. The molecule has 1 amide bonds. The third kappa shape index (κ3) is 8.26. The van der Waals surface area contributed by atoms with E-state index in [4.69, 9.17) is 10.5 Å². The maximum absolute atomic E-state index is 13.3. The minimum atomic E-state index is -4.01. The van der Waals surface area contributed by atoms with Crippen LogP contribution in [0.25, 0.3) is 0 Å². The quantitative estimate of drug-likeness (QED) is 0.188. The van der Waals surface area contributed by atoms with Crippen molar-refractivity contribution < 1.29 is 22.7 Å². The Morgan fingerprint density at radius 1 is 1.08 bits per heavy atom. The fourth-order valence-corrected chi connectivity index (χ4v) is 6.37.